The lowest BCUT2D eigenvalue weighted by Crippen LogP contribution is -2.49. The normalized spacial score (nSPS) is 21.2. The van der Waals surface area contributed by atoms with Crippen LogP contribution in [0.15, 0.2) is 31.1 Å². The molecule has 32 heavy (non-hydrogen) atoms. The van der Waals surface area contributed by atoms with Crippen LogP contribution >= 0.6 is 0 Å². The SMILES string of the molecule is C=CC(=O)N1CCN(c2ncnc3c2C[C@@H](C)[C@H](c2nc(N)ccc2C(F)(F)F)C3)CC1. The molecule has 4 rings (SSSR count). The maximum absolute atomic E-state index is 13.6. The van der Waals surface area contributed by atoms with E-state index in [0.29, 0.717) is 39.0 Å². The number of rotatable bonds is 3. The van der Waals surface area contributed by atoms with Gasteiger partial charge in [0.2, 0.25) is 5.91 Å². The summed E-state index contributed by atoms with van der Waals surface area (Å²) in [4.78, 5) is 28.7. The first-order chi connectivity index (χ1) is 15.2. The summed E-state index contributed by atoms with van der Waals surface area (Å²) in [5.74, 6) is 0.212. The molecule has 7 nitrogen and oxygen atoms in total. The largest absolute Gasteiger partial charge is 0.418 e. The van der Waals surface area contributed by atoms with Gasteiger partial charge in [-0.2, -0.15) is 13.2 Å². The molecule has 2 aliphatic rings. The van der Waals surface area contributed by atoms with Crippen molar-refractivity contribution in [2.45, 2.75) is 31.9 Å². The highest BCUT2D eigenvalue weighted by atomic mass is 19.4. The first-order valence-corrected chi connectivity index (χ1v) is 10.5. The number of nitrogens with two attached hydrogens (primary N) is 1. The Morgan fingerprint density at radius 3 is 2.56 bits per heavy atom. The third kappa shape index (κ3) is 4.13. The summed E-state index contributed by atoms with van der Waals surface area (Å²) in [7, 11) is 0. The molecule has 1 aliphatic carbocycles. The van der Waals surface area contributed by atoms with E-state index in [0.717, 1.165) is 23.1 Å². The molecule has 2 aromatic rings. The molecule has 10 heteroatoms. The Morgan fingerprint density at radius 1 is 1.19 bits per heavy atom. The highest BCUT2D eigenvalue weighted by molar-refractivity contribution is 5.87. The molecule has 1 amide bonds. The number of nitrogens with zero attached hydrogens (tertiary/aromatic N) is 5. The number of hydrogen-bond acceptors (Lipinski definition) is 6. The van der Waals surface area contributed by atoms with Crippen LogP contribution in [0, 0.1) is 5.92 Å². The van der Waals surface area contributed by atoms with E-state index in [9.17, 15) is 18.0 Å². The number of nitrogen functional groups attached to an aromatic ring is 1. The number of anilines is 2. The lowest BCUT2D eigenvalue weighted by atomic mass is 9.76. The molecule has 170 valence electrons. The Balaban J connectivity index is 1.62. The number of amides is 1. The van der Waals surface area contributed by atoms with E-state index in [1.807, 2.05) is 6.92 Å². The Morgan fingerprint density at radius 2 is 1.91 bits per heavy atom. The van der Waals surface area contributed by atoms with Crippen molar-refractivity contribution in [1.29, 1.82) is 0 Å². The summed E-state index contributed by atoms with van der Waals surface area (Å²) in [6.07, 6.45) is -0.866. The first-order valence-electron chi connectivity index (χ1n) is 10.5. The van der Waals surface area contributed by atoms with Crippen LogP contribution in [0.2, 0.25) is 0 Å². The minimum absolute atomic E-state index is 0.0210. The van der Waals surface area contributed by atoms with Crippen molar-refractivity contribution >= 4 is 17.5 Å². The van der Waals surface area contributed by atoms with Gasteiger partial charge in [-0.05, 0) is 37.0 Å². The molecule has 0 bridgehead atoms. The third-order valence-corrected chi connectivity index (χ3v) is 6.31. The molecule has 1 aliphatic heterocycles. The molecular formula is C22H25F3N6O. The number of fused-ring (bicyclic) bond motifs is 1. The van der Waals surface area contributed by atoms with Crippen molar-refractivity contribution in [3.05, 3.63) is 53.6 Å². The fourth-order valence-electron chi connectivity index (χ4n) is 4.62. The fraction of sp³-hybridized carbons (Fsp3) is 0.455. The second-order valence-electron chi connectivity index (χ2n) is 8.30. The molecule has 2 aromatic heterocycles. The van der Waals surface area contributed by atoms with Crippen LogP contribution in [-0.2, 0) is 23.8 Å². The zero-order valence-electron chi connectivity index (χ0n) is 17.8. The lowest BCUT2D eigenvalue weighted by Gasteiger charge is -2.38. The summed E-state index contributed by atoms with van der Waals surface area (Å²) < 4.78 is 40.9. The lowest BCUT2D eigenvalue weighted by molar-refractivity contribution is -0.138. The number of pyridine rings is 1. The highest BCUT2D eigenvalue weighted by Gasteiger charge is 2.40. The van der Waals surface area contributed by atoms with Crippen LogP contribution in [0.4, 0.5) is 24.8 Å². The molecule has 0 saturated carbocycles. The summed E-state index contributed by atoms with van der Waals surface area (Å²) in [5, 5.41) is 0. The van der Waals surface area contributed by atoms with E-state index >= 15 is 0 Å². The highest BCUT2D eigenvalue weighted by Crippen LogP contribution is 2.43. The number of carbonyl (C=O) groups excluding carboxylic acids is 1. The second-order valence-corrected chi connectivity index (χ2v) is 8.30. The van der Waals surface area contributed by atoms with Crippen molar-refractivity contribution in [1.82, 2.24) is 19.9 Å². The number of carbonyl (C=O) groups is 1. The fourth-order valence-corrected chi connectivity index (χ4v) is 4.62. The third-order valence-electron chi connectivity index (χ3n) is 6.31. The van der Waals surface area contributed by atoms with Crippen LogP contribution in [-0.4, -0.2) is 51.9 Å². The molecule has 1 fully saturated rings. The molecule has 2 N–H and O–H groups in total. The zero-order chi connectivity index (χ0) is 23.0. The van der Waals surface area contributed by atoms with Gasteiger partial charge in [-0.15, -0.1) is 0 Å². The maximum Gasteiger partial charge on any atom is 0.418 e. The summed E-state index contributed by atoms with van der Waals surface area (Å²) in [6, 6.07) is 2.19. The minimum atomic E-state index is -4.50. The summed E-state index contributed by atoms with van der Waals surface area (Å²) in [6.45, 7) is 7.82. The van der Waals surface area contributed by atoms with Gasteiger partial charge in [0, 0.05) is 43.4 Å². The van der Waals surface area contributed by atoms with Crippen LogP contribution in [0.25, 0.3) is 0 Å². The van der Waals surface area contributed by atoms with Gasteiger partial charge in [-0.3, -0.25) is 4.79 Å². The molecular weight excluding hydrogens is 421 g/mol. The molecule has 0 spiro atoms. The van der Waals surface area contributed by atoms with Gasteiger partial charge in [-0.1, -0.05) is 13.5 Å². The Hall–Kier alpha value is -3.17. The van der Waals surface area contributed by atoms with Gasteiger partial charge in [0.1, 0.15) is 18.0 Å². The number of alkyl halides is 3. The summed E-state index contributed by atoms with van der Waals surface area (Å²) in [5.41, 5.74) is 6.66. The van der Waals surface area contributed by atoms with Gasteiger partial charge in [0.05, 0.1) is 11.3 Å². The smallest absolute Gasteiger partial charge is 0.384 e. The van der Waals surface area contributed by atoms with E-state index in [4.69, 9.17) is 5.73 Å². The van der Waals surface area contributed by atoms with Crippen molar-refractivity contribution in [3.63, 3.8) is 0 Å². The van der Waals surface area contributed by atoms with Crippen molar-refractivity contribution in [2.75, 3.05) is 36.8 Å². The van der Waals surface area contributed by atoms with Crippen molar-refractivity contribution in [2.24, 2.45) is 5.92 Å². The summed E-state index contributed by atoms with van der Waals surface area (Å²) >= 11 is 0. The number of hydrogen-bond donors (Lipinski definition) is 1. The molecule has 0 radical (unpaired) electrons. The molecule has 2 atom stereocenters. The predicted octanol–water partition coefficient (Wildman–Crippen LogP) is 2.83. The van der Waals surface area contributed by atoms with Gasteiger partial charge >= 0.3 is 6.18 Å². The molecule has 0 unspecified atom stereocenters. The van der Waals surface area contributed by atoms with Crippen molar-refractivity contribution < 1.29 is 18.0 Å². The number of halogens is 3. The Labute approximate surface area is 184 Å². The zero-order valence-corrected chi connectivity index (χ0v) is 17.8. The van der Waals surface area contributed by atoms with E-state index in [-0.39, 0.29) is 23.3 Å². The van der Waals surface area contributed by atoms with Gasteiger partial charge in [0.25, 0.3) is 0 Å². The average Bonchev–Trinajstić information content (AvgIpc) is 2.77. The van der Waals surface area contributed by atoms with E-state index in [1.165, 1.54) is 18.5 Å². The van der Waals surface area contributed by atoms with E-state index in [2.05, 4.69) is 26.4 Å². The standard InChI is InChI=1S/C22H25F3N6O/c1-3-19(32)30-6-8-31(9-7-30)21-15-10-13(2)14(11-17(15)27-12-28-21)20-16(22(23,24)25)4-5-18(26)29-20/h3-5,12-14H,1,6-11H2,2H3,(H2,26,29)/t13-,14-/m1/s1. The predicted molar refractivity (Wildman–Crippen MR) is 114 cm³/mol. The first kappa shape index (κ1) is 22.0. The Bertz CT molecular complexity index is 1030. The minimum Gasteiger partial charge on any atom is -0.384 e. The number of piperazine rings is 1. The van der Waals surface area contributed by atoms with Gasteiger partial charge in [0.15, 0.2) is 0 Å². The molecule has 3 heterocycles. The van der Waals surface area contributed by atoms with Crippen LogP contribution in [0.5, 0.6) is 0 Å². The van der Waals surface area contributed by atoms with Crippen LogP contribution in [0.1, 0.15) is 35.4 Å². The van der Waals surface area contributed by atoms with E-state index < -0.39 is 17.7 Å². The monoisotopic (exact) mass is 446 g/mol. The quantitative estimate of drug-likeness (QED) is 0.730. The van der Waals surface area contributed by atoms with Crippen molar-refractivity contribution in [3.8, 4) is 0 Å². The van der Waals surface area contributed by atoms with Gasteiger partial charge < -0.3 is 15.5 Å². The van der Waals surface area contributed by atoms with Crippen LogP contribution in [0.3, 0.4) is 0 Å². The number of aromatic nitrogens is 3. The van der Waals surface area contributed by atoms with Crippen LogP contribution < -0.4 is 10.6 Å². The topological polar surface area (TPSA) is 88.2 Å². The average molecular weight is 446 g/mol. The second kappa shape index (κ2) is 8.40. The Kier molecular flexibility index (Phi) is 5.79. The molecule has 1 saturated heterocycles. The maximum atomic E-state index is 13.6. The van der Waals surface area contributed by atoms with Gasteiger partial charge in [-0.25, -0.2) is 15.0 Å². The molecule has 0 aromatic carbocycles. The van der Waals surface area contributed by atoms with E-state index in [1.54, 1.807) is 4.90 Å².